The Balaban J connectivity index is 0.000000250. The SMILES string of the molecule is C1=CN(Oc2cccc3c2C[C@H]2NCC[C@@]34CCCC[C@@H]24)CS1.O=C(O)/C=C\C(=O)O. The van der Waals surface area contributed by atoms with Crippen LogP contribution in [0.1, 0.15) is 43.2 Å². The number of nitrogens with zero attached hydrogens (tertiary/aromatic N) is 1. The fourth-order valence-electron chi connectivity index (χ4n) is 5.61. The largest absolute Gasteiger partial charge is 0.478 e. The minimum Gasteiger partial charge on any atom is -0.478 e. The molecule has 2 fully saturated rings. The quantitative estimate of drug-likeness (QED) is 0.607. The van der Waals surface area contributed by atoms with Crippen molar-refractivity contribution in [1.29, 1.82) is 0 Å². The van der Waals surface area contributed by atoms with Crippen LogP contribution in [0, 0.1) is 5.92 Å². The van der Waals surface area contributed by atoms with Crippen LogP contribution in [-0.2, 0) is 21.4 Å². The van der Waals surface area contributed by atoms with Gasteiger partial charge in [-0.15, -0.1) is 11.8 Å². The number of hydrogen-bond donors (Lipinski definition) is 3. The van der Waals surface area contributed by atoms with Crippen LogP contribution in [0.4, 0.5) is 0 Å². The Labute approximate surface area is 186 Å². The molecule has 2 bridgehead atoms. The summed E-state index contributed by atoms with van der Waals surface area (Å²) in [6.07, 6.45) is 11.1. The first-order valence-corrected chi connectivity index (χ1v) is 11.8. The van der Waals surface area contributed by atoms with Gasteiger partial charge in [0.25, 0.3) is 0 Å². The Kier molecular flexibility index (Phi) is 6.57. The molecule has 0 aromatic heterocycles. The van der Waals surface area contributed by atoms with E-state index in [4.69, 9.17) is 15.1 Å². The molecule has 1 aromatic carbocycles. The highest BCUT2D eigenvalue weighted by Crippen LogP contribution is 2.55. The molecule has 2 heterocycles. The Bertz CT molecular complexity index is 882. The summed E-state index contributed by atoms with van der Waals surface area (Å²) >= 11 is 1.78. The summed E-state index contributed by atoms with van der Waals surface area (Å²) in [7, 11) is 0. The number of hydrogen-bond acceptors (Lipinski definition) is 6. The third kappa shape index (κ3) is 4.60. The van der Waals surface area contributed by atoms with Crippen molar-refractivity contribution in [2.24, 2.45) is 5.92 Å². The van der Waals surface area contributed by atoms with E-state index in [0.717, 1.165) is 24.0 Å². The summed E-state index contributed by atoms with van der Waals surface area (Å²) in [5.41, 5.74) is 3.48. The van der Waals surface area contributed by atoms with Gasteiger partial charge in [-0.25, -0.2) is 14.7 Å². The van der Waals surface area contributed by atoms with Crippen LogP contribution >= 0.6 is 11.8 Å². The van der Waals surface area contributed by atoms with Gasteiger partial charge in [0.05, 0.1) is 0 Å². The molecule has 0 amide bonds. The Morgan fingerprint density at radius 3 is 2.71 bits per heavy atom. The molecule has 1 saturated heterocycles. The van der Waals surface area contributed by atoms with Gasteiger partial charge in [0.15, 0.2) is 5.75 Å². The van der Waals surface area contributed by atoms with E-state index in [2.05, 4.69) is 28.9 Å². The number of aliphatic carboxylic acids is 2. The fourth-order valence-corrected chi connectivity index (χ4v) is 6.21. The third-order valence-corrected chi connectivity index (χ3v) is 7.48. The number of carboxylic acid groups (broad SMARTS) is 2. The highest BCUT2D eigenvalue weighted by atomic mass is 32.2. The lowest BCUT2D eigenvalue weighted by Gasteiger charge is -2.56. The topological polar surface area (TPSA) is 99.1 Å². The van der Waals surface area contributed by atoms with Gasteiger partial charge in [-0.05, 0) is 55.2 Å². The van der Waals surface area contributed by atoms with Crippen molar-refractivity contribution in [3.05, 3.63) is 53.1 Å². The minimum absolute atomic E-state index is 0.413. The van der Waals surface area contributed by atoms with Crippen molar-refractivity contribution in [1.82, 2.24) is 10.4 Å². The molecule has 7 nitrogen and oxygen atoms in total. The maximum Gasteiger partial charge on any atom is 0.328 e. The van der Waals surface area contributed by atoms with Crippen LogP contribution in [0.2, 0.25) is 0 Å². The van der Waals surface area contributed by atoms with Crippen molar-refractivity contribution in [2.45, 2.75) is 50.0 Å². The molecule has 31 heavy (non-hydrogen) atoms. The van der Waals surface area contributed by atoms with Gasteiger partial charge in [-0.2, -0.15) is 0 Å². The number of fused-ring (bicyclic) bond motifs is 1. The summed E-state index contributed by atoms with van der Waals surface area (Å²) in [5.74, 6) is 0.278. The number of benzene rings is 1. The molecular formula is C23H28N2O5S. The first kappa shape index (κ1) is 21.8. The maximum atomic E-state index is 9.55. The van der Waals surface area contributed by atoms with Crippen LogP contribution in [0.3, 0.4) is 0 Å². The third-order valence-electron chi connectivity index (χ3n) is 6.76. The molecule has 2 aliphatic carbocycles. The highest BCUT2D eigenvalue weighted by molar-refractivity contribution is 8.02. The smallest absolute Gasteiger partial charge is 0.328 e. The molecule has 8 heteroatoms. The Morgan fingerprint density at radius 1 is 1.19 bits per heavy atom. The molecule has 0 spiro atoms. The van der Waals surface area contributed by atoms with Crippen molar-refractivity contribution < 1.29 is 24.6 Å². The van der Waals surface area contributed by atoms with Gasteiger partial charge in [-0.3, -0.25) is 0 Å². The predicted molar refractivity (Wildman–Crippen MR) is 119 cm³/mol. The van der Waals surface area contributed by atoms with E-state index in [1.165, 1.54) is 44.2 Å². The number of thioether (sulfide) groups is 1. The van der Waals surface area contributed by atoms with Crippen LogP contribution < -0.4 is 10.2 Å². The standard InChI is InChI=1S/C19H24N2OS.C4H4O4/c1-2-7-19-8-9-20-17(16(19)4-1)12-14-15(19)5-3-6-18(14)22-21-10-11-23-13-21;5-3(6)1-2-4(7)8/h3,5-6,10-11,16-17,20H,1-2,4,7-9,12-13H2;1-2H,(H,5,6)(H,7,8)/b;2-1-/t16-,17+,19-;/m0./s1. The second-order valence-corrected chi connectivity index (χ2v) is 9.27. The second kappa shape index (κ2) is 9.36. The molecule has 4 aliphatic rings. The summed E-state index contributed by atoms with van der Waals surface area (Å²) in [6, 6.07) is 7.41. The van der Waals surface area contributed by atoms with E-state index in [-0.39, 0.29) is 0 Å². The van der Waals surface area contributed by atoms with E-state index in [1.54, 1.807) is 17.3 Å². The average Bonchev–Trinajstić information content (AvgIpc) is 3.26. The second-order valence-electron chi connectivity index (χ2n) is 8.40. The molecule has 0 radical (unpaired) electrons. The van der Waals surface area contributed by atoms with Crippen molar-refractivity contribution in [3.63, 3.8) is 0 Å². The highest BCUT2D eigenvalue weighted by Gasteiger charge is 2.52. The zero-order valence-corrected chi connectivity index (χ0v) is 18.1. The van der Waals surface area contributed by atoms with E-state index >= 15 is 0 Å². The van der Waals surface area contributed by atoms with Crippen LogP contribution in [0.25, 0.3) is 0 Å². The summed E-state index contributed by atoms with van der Waals surface area (Å²) in [4.78, 5) is 25.3. The minimum atomic E-state index is -1.26. The van der Waals surface area contributed by atoms with Gasteiger partial charge in [-0.1, -0.05) is 25.0 Å². The molecule has 2 aliphatic heterocycles. The molecule has 5 rings (SSSR count). The lowest BCUT2D eigenvalue weighted by Crippen LogP contribution is -2.59. The van der Waals surface area contributed by atoms with Gasteiger partial charge >= 0.3 is 11.9 Å². The van der Waals surface area contributed by atoms with Gasteiger partial charge in [0.1, 0.15) is 5.88 Å². The number of carboxylic acids is 2. The first-order chi connectivity index (χ1) is 15.0. The Hall–Kier alpha value is -2.45. The van der Waals surface area contributed by atoms with Crippen molar-refractivity contribution >= 4 is 23.7 Å². The van der Waals surface area contributed by atoms with Crippen LogP contribution in [0.15, 0.2) is 42.0 Å². The molecule has 0 unspecified atom stereocenters. The lowest BCUT2D eigenvalue weighted by molar-refractivity contribution is -0.134. The average molecular weight is 445 g/mol. The van der Waals surface area contributed by atoms with Gasteiger partial charge in [0, 0.05) is 35.4 Å². The van der Waals surface area contributed by atoms with E-state index in [9.17, 15) is 9.59 Å². The predicted octanol–water partition coefficient (Wildman–Crippen LogP) is 3.52. The summed E-state index contributed by atoms with van der Waals surface area (Å²) < 4.78 is 0. The Morgan fingerprint density at radius 2 is 2.00 bits per heavy atom. The van der Waals surface area contributed by atoms with Crippen molar-refractivity contribution in [2.75, 3.05) is 12.4 Å². The molecule has 1 aromatic rings. The molecule has 166 valence electrons. The number of piperidine rings is 1. The van der Waals surface area contributed by atoms with E-state index in [0.29, 0.717) is 23.6 Å². The zero-order chi connectivity index (χ0) is 21.8. The normalized spacial score (nSPS) is 28.3. The maximum absolute atomic E-state index is 9.55. The number of rotatable bonds is 4. The van der Waals surface area contributed by atoms with E-state index < -0.39 is 11.9 Å². The van der Waals surface area contributed by atoms with Gasteiger partial charge < -0.3 is 20.4 Å². The van der Waals surface area contributed by atoms with Crippen molar-refractivity contribution in [3.8, 4) is 5.75 Å². The van der Waals surface area contributed by atoms with Crippen LogP contribution in [0.5, 0.6) is 5.75 Å². The van der Waals surface area contributed by atoms with Crippen LogP contribution in [-0.4, -0.2) is 45.7 Å². The van der Waals surface area contributed by atoms with Gasteiger partial charge in [0.2, 0.25) is 0 Å². The number of carbonyl (C=O) groups is 2. The fraction of sp³-hybridized carbons (Fsp3) is 0.478. The number of hydroxylamine groups is 2. The monoisotopic (exact) mass is 444 g/mol. The zero-order valence-electron chi connectivity index (χ0n) is 17.3. The number of nitrogens with one attached hydrogen (secondary N) is 1. The molecule has 3 N–H and O–H groups in total. The summed E-state index contributed by atoms with van der Waals surface area (Å²) in [5, 5.41) is 23.5. The first-order valence-electron chi connectivity index (χ1n) is 10.7. The lowest BCUT2D eigenvalue weighted by atomic mass is 9.53. The molecule has 3 atom stereocenters. The molecular weight excluding hydrogens is 416 g/mol. The summed E-state index contributed by atoms with van der Waals surface area (Å²) in [6.45, 7) is 1.18. The van der Waals surface area contributed by atoms with E-state index in [1.807, 2.05) is 11.3 Å². The molecule has 1 saturated carbocycles.